The second-order valence-electron chi connectivity index (χ2n) is 9.54. The maximum absolute atomic E-state index is 13.2. The van der Waals surface area contributed by atoms with Gasteiger partial charge in [-0.25, -0.2) is 0 Å². The number of rotatable bonds is 17. The van der Waals surface area contributed by atoms with Crippen LogP contribution in [-0.4, -0.2) is 41.8 Å². The Balaban J connectivity index is 1.95. The Bertz CT molecular complexity index is 878. The molecule has 1 amide bonds. The van der Waals surface area contributed by atoms with Crippen molar-refractivity contribution >= 4 is 35.2 Å². The molecule has 2 rings (SSSR count). The zero-order chi connectivity index (χ0) is 25.5. The van der Waals surface area contributed by atoms with Gasteiger partial charge in [0.25, 0.3) is 0 Å². The van der Waals surface area contributed by atoms with E-state index in [1.807, 2.05) is 50.2 Å². The summed E-state index contributed by atoms with van der Waals surface area (Å²) in [7, 11) is 0. The number of hydrogen-bond acceptors (Lipinski definition) is 6. The number of amides is 1. The highest BCUT2D eigenvalue weighted by Crippen LogP contribution is 2.25. The lowest BCUT2D eigenvalue weighted by Gasteiger charge is -2.28. The first kappa shape index (κ1) is 29.4. The van der Waals surface area contributed by atoms with Gasteiger partial charge in [-0.05, 0) is 30.5 Å². The predicted molar refractivity (Wildman–Crippen MR) is 151 cm³/mol. The SMILES string of the molecule is CC(C)(CSCc1ccccc1)C(=O)N[C@@H](CSCc1ccccc1)C(=O)C(N)CCCCCN. The first-order valence-corrected chi connectivity index (χ1v) is 14.7. The number of thioether (sulfide) groups is 2. The van der Waals surface area contributed by atoms with Crippen molar-refractivity contribution in [1.82, 2.24) is 5.32 Å². The minimum atomic E-state index is -0.604. The molecular formula is C28H41N3O2S2. The monoisotopic (exact) mass is 515 g/mol. The van der Waals surface area contributed by atoms with Crippen LogP contribution >= 0.6 is 23.5 Å². The van der Waals surface area contributed by atoms with Crippen molar-refractivity contribution in [3.63, 3.8) is 0 Å². The van der Waals surface area contributed by atoms with Crippen molar-refractivity contribution in [2.45, 2.75) is 63.1 Å². The van der Waals surface area contributed by atoms with Gasteiger partial charge in [-0.1, -0.05) is 87.4 Å². The smallest absolute Gasteiger partial charge is 0.227 e. The van der Waals surface area contributed by atoms with Gasteiger partial charge in [0.1, 0.15) is 0 Å². The molecule has 2 aromatic carbocycles. The highest BCUT2D eigenvalue weighted by molar-refractivity contribution is 7.98. The first-order chi connectivity index (χ1) is 16.8. The minimum Gasteiger partial charge on any atom is -0.345 e. The van der Waals surface area contributed by atoms with Crippen molar-refractivity contribution in [3.05, 3.63) is 71.8 Å². The quantitative estimate of drug-likeness (QED) is 0.262. The third kappa shape index (κ3) is 11.2. The fourth-order valence-electron chi connectivity index (χ4n) is 3.57. The summed E-state index contributed by atoms with van der Waals surface area (Å²) >= 11 is 3.38. The topological polar surface area (TPSA) is 98.2 Å². The molecule has 1 unspecified atom stereocenters. The molecule has 0 saturated carbocycles. The lowest BCUT2D eigenvalue weighted by Crippen LogP contribution is -2.53. The number of benzene rings is 2. The summed E-state index contributed by atoms with van der Waals surface area (Å²) in [6.07, 6.45) is 3.38. The molecule has 0 aliphatic rings. The third-order valence-electron chi connectivity index (χ3n) is 5.82. The Kier molecular flexibility index (Phi) is 13.5. The molecule has 0 spiro atoms. The predicted octanol–water partition coefficient (Wildman–Crippen LogP) is 4.78. The van der Waals surface area contributed by atoms with E-state index >= 15 is 0 Å². The average molecular weight is 516 g/mol. The maximum atomic E-state index is 13.2. The molecule has 2 aromatic rings. The fourth-order valence-corrected chi connectivity index (χ4v) is 5.77. The van der Waals surface area contributed by atoms with E-state index in [2.05, 4.69) is 29.6 Å². The lowest BCUT2D eigenvalue weighted by atomic mass is 9.93. The molecule has 0 fully saturated rings. The molecule has 0 aliphatic carbocycles. The van der Waals surface area contributed by atoms with Crippen molar-refractivity contribution in [1.29, 1.82) is 0 Å². The van der Waals surface area contributed by atoms with Crippen LogP contribution in [-0.2, 0) is 21.1 Å². The number of Topliss-reactive ketones (excluding diaryl/α,β-unsaturated/α-hetero) is 1. The number of carbonyl (C=O) groups is 2. The molecule has 0 radical (unpaired) electrons. The molecular weight excluding hydrogens is 474 g/mol. The number of unbranched alkanes of at least 4 members (excludes halogenated alkanes) is 2. The molecule has 35 heavy (non-hydrogen) atoms. The zero-order valence-corrected chi connectivity index (χ0v) is 22.7. The molecule has 0 aliphatic heterocycles. The summed E-state index contributed by atoms with van der Waals surface area (Å²) < 4.78 is 0. The number of nitrogens with two attached hydrogens (primary N) is 2. The van der Waals surface area contributed by atoms with Crippen LogP contribution in [0, 0.1) is 5.41 Å². The average Bonchev–Trinajstić information content (AvgIpc) is 2.86. The van der Waals surface area contributed by atoms with Gasteiger partial charge < -0.3 is 16.8 Å². The van der Waals surface area contributed by atoms with Gasteiger partial charge in [0.05, 0.1) is 17.5 Å². The molecule has 5 nitrogen and oxygen atoms in total. The van der Waals surface area contributed by atoms with Crippen LogP contribution in [0.25, 0.3) is 0 Å². The number of carbonyl (C=O) groups excluding carboxylic acids is 2. The zero-order valence-electron chi connectivity index (χ0n) is 21.1. The van der Waals surface area contributed by atoms with Gasteiger partial charge in [-0.3, -0.25) is 9.59 Å². The third-order valence-corrected chi connectivity index (χ3v) is 8.39. The van der Waals surface area contributed by atoms with E-state index in [4.69, 9.17) is 11.5 Å². The maximum Gasteiger partial charge on any atom is 0.227 e. The molecule has 0 aromatic heterocycles. The van der Waals surface area contributed by atoms with Crippen LogP contribution < -0.4 is 16.8 Å². The van der Waals surface area contributed by atoms with Crippen LogP contribution in [0.1, 0.15) is 50.7 Å². The van der Waals surface area contributed by atoms with Gasteiger partial charge in [0, 0.05) is 23.0 Å². The van der Waals surface area contributed by atoms with E-state index in [9.17, 15) is 9.59 Å². The Morgan fingerprint density at radius 3 is 2.03 bits per heavy atom. The van der Waals surface area contributed by atoms with Crippen molar-refractivity contribution in [3.8, 4) is 0 Å². The molecule has 7 heteroatoms. The summed E-state index contributed by atoms with van der Waals surface area (Å²) in [5.74, 6) is 2.61. The number of hydrogen-bond donors (Lipinski definition) is 3. The molecule has 0 saturated heterocycles. The van der Waals surface area contributed by atoms with E-state index in [1.54, 1.807) is 23.5 Å². The van der Waals surface area contributed by atoms with Gasteiger partial charge in [0.2, 0.25) is 5.91 Å². The van der Waals surface area contributed by atoms with E-state index in [0.717, 1.165) is 30.8 Å². The summed E-state index contributed by atoms with van der Waals surface area (Å²) in [6.45, 7) is 4.52. The van der Waals surface area contributed by atoms with Crippen LogP contribution in [0.3, 0.4) is 0 Å². The van der Waals surface area contributed by atoms with E-state index in [1.165, 1.54) is 11.1 Å². The Morgan fingerprint density at radius 2 is 1.46 bits per heavy atom. The van der Waals surface area contributed by atoms with Crippen molar-refractivity contribution < 1.29 is 9.59 Å². The second-order valence-corrected chi connectivity index (χ2v) is 11.6. The molecule has 0 heterocycles. The second kappa shape index (κ2) is 16.0. The summed E-state index contributed by atoms with van der Waals surface area (Å²) in [6, 6.07) is 19.2. The molecule has 5 N–H and O–H groups in total. The fraction of sp³-hybridized carbons (Fsp3) is 0.500. The van der Waals surface area contributed by atoms with E-state index in [0.29, 0.717) is 24.5 Å². The van der Waals surface area contributed by atoms with Gasteiger partial charge in [-0.2, -0.15) is 23.5 Å². The molecule has 192 valence electrons. The minimum absolute atomic E-state index is 0.0839. The van der Waals surface area contributed by atoms with E-state index in [-0.39, 0.29) is 11.7 Å². The van der Waals surface area contributed by atoms with Gasteiger partial charge in [-0.15, -0.1) is 0 Å². The van der Waals surface area contributed by atoms with Crippen LogP contribution in [0.2, 0.25) is 0 Å². The first-order valence-electron chi connectivity index (χ1n) is 12.4. The van der Waals surface area contributed by atoms with E-state index < -0.39 is 17.5 Å². The van der Waals surface area contributed by atoms with Gasteiger partial charge >= 0.3 is 0 Å². The van der Waals surface area contributed by atoms with Crippen molar-refractivity contribution in [2.75, 3.05) is 18.1 Å². The van der Waals surface area contributed by atoms with Crippen LogP contribution in [0.15, 0.2) is 60.7 Å². The van der Waals surface area contributed by atoms with Crippen LogP contribution in [0.5, 0.6) is 0 Å². The summed E-state index contributed by atoms with van der Waals surface area (Å²) in [5.41, 5.74) is 13.7. The summed E-state index contributed by atoms with van der Waals surface area (Å²) in [4.78, 5) is 26.5. The standard InChI is InChI=1S/C28H41N3O2S2/c1-28(2,21-35-19-23-14-8-4-9-15-23)27(33)31-25(20-34-18-22-12-6-3-7-13-22)26(32)24(30)16-10-5-11-17-29/h3-4,6-9,12-15,24-25H,5,10-11,16-21,29-30H2,1-2H3,(H,31,33)/t24?,25-/m0/s1. The Hall–Kier alpha value is -1.80. The number of nitrogens with one attached hydrogen (secondary N) is 1. The molecule has 0 bridgehead atoms. The van der Waals surface area contributed by atoms with Crippen LogP contribution in [0.4, 0.5) is 0 Å². The Morgan fingerprint density at radius 1 is 0.886 bits per heavy atom. The Labute approximate surface area is 219 Å². The lowest BCUT2D eigenvalue weighted by molar-refractivity contribution is -0.132. The highest BCUT2D eigenvalue weighted by Gasteiger charge is 2.32. The normalized spacial score (nSPS) is 13.3. The largest absolute Gasteiger partial charge is 0.345 e. The summed E-state index contributed by atoms with van der Waals surface area (Å²) in [5, 5.41) is 3.05. The molecule has 2 atom stereocenters. The highest BCUT2D eigenvalue weighted by atomic mass is 32.2. The van der Waals surface area contributed by atoms with Crippen molar-refractivity contribution in [2.24, 2.45) is 16.9 Å². The van der Waals surface area contributed by atoms with Gasteiger partial charge in [0.15, 0.2) is 5.78 Å². The number of ketones is 1.